The molecule has 0 heterocycles. The first kappa shape index (κ1) is 12.5. The first-order chi connectivity index (χ1) is 7.72. The first-order valence-corrected chi connectivity index (χ1v) is 5.77. The third-order valence-corrected chi connectivity index (χ3v) is 2.61. The molecule has 0 aromatic heterocycles. The molecule has 84 valence electrons. The lowest BCUT2D eigenvalue weighted by atomic mass is 9.95. The van der Waals surface area contributed by atoms with Crippen LogP contribution in [0.15, 0.2) is 12.1 Å². The molecule has 0 amide bonds. The number of benzene rings is 1. The zero-order valence-corrected chi connectivity index (χ0v) is 10.3. The Morgan fingerprint density at radius 2 is 1.75 bits per heavy atom. The molecule has 1 aromatic rings. The maximum atomic E-state index is 10.3. The van der Waals surface area contributed by atoms with Gasteiger partial charge in [0.25, 0.3) is 0 Å². The number of carbonyl (C=O) groups excluding carboxylic acids is 1. The molecule has 0 aliphatic carbocycles. The van der Waals surface area contributed by atoms with Gasteiger partial charge in [0.1, 0.15) is 6.29 Å². The summed E-state index contributed by atoms with van der Waals surface area (Å²) >= 11 is 0. The Labute approximate surface area is 97.9 Å². The van der Waals surface area contributed by atoms with Gasteiger partial charge in [0.15, 0.2) is 0 Å². The third kappa shape index (κ3) is 2.97. The van der Waals surface area contributed by atoms with Crippen molar-refractivity contribution in [1.82, 2.24) is 0 Å². The summed E-state index contributed by atoms with van der Waals surface area (Å²) in [5.41, 5.74) is 4.98. The average Bonchev–Trinajstić information content (AvgIpc) is 2.30. The maximum Gasteiger partial charge on any atom is 0.131 e. The van der Waals surface area contributed by atoms with Crippen LogP contribution < -0.4 is 0 Å². The van der Waals surface area contributed by atoms with Crippen molar-refractivity contribution >= 4 is 6.29 Å². The van der Waals surface area contributed by atoms with E-state index < -0.39 is 0 Å². The monoisotopic (exact) mass is 214 g/mol. The maximum absolute atomic E-state index is 10.3. The molecule has 1 rings (SSSR count). The Kier molecular flexibility index (Phi) is 4.79. The molecule has 0 unspecified atom stereocenters. The van der Waals surface area contributed by atoms with Gasteiger partial charge in [-0.15, -0.1) is 0 Å². The predicted molar refractivity (Wildman–Crippen MR) is 67.5 cm³/mol. The molecule has 0 bridgehead atoms. The topological polar surface area (TPSA) is 17.1 Å². The minimum absolute atomic E-state index is 0.320. The van der Waals surface area contributed by atoms with Gasteiger partial charge >= 0.3 is 0 Å². The summed E-state index contributed by atoms with van der Waals surface area (Å²) in [4.78, 5) is 10.3. The molecule has 0 aliphatic heterocycles. The fraction of sp³-hybridized carbons (Fsp3) is 0.400. The van der Waals surface area contributed by atoms with Gasteiger partial charge in [-0.1, -0.05) is 43.4 Å². The second-order valence-electron chi connectivity index (χ2n) is 3.84. The quantitative estimate of drug-likeness (QED) is 0.558. The summed E-state index contributed by atoms with van der Waals surface area (Å²) < 4.78 is 0. The van der Waals surface area contributed by atoms with Crippen LogP contribution in [0.3, 0.4) is 0 Å². The molecule has 0 aliphatic rings. The molecule has 0 atom stereocenters. The second-order valence-corrected chi connectivity index (χ2v) is 3.84. The number of aldehydes is 1. The number of hydrogen-bond donors (Lipinski definition) is 0. The van der Waals surface area contributed by atoms with Crippen molar-refractivity contribution in [3.8, 4) is 11.8 Å². The highest BCUT2D eigenvalue weighted by molar-refractivity contribution is 5.56. The Hall–Kier alpha value is -1.55. The van der Waals surface area contributed by atoms with Gasteiger partial charge in [-0.2, -0.15) is 0 Å². The van der Waals surface area contributed by atoms with Crippen molar-refractivity contribution < 1.29 is 4.79 Å². The lowest BCUT2D eigenvalue weighted by Crippen LogP contribution is -1.96. The van der Waals surface area contributed by atoms with Crippen LogP contribution in [0.4, 0.5) is 0 Å². The molecule has 1 nitrogen and oxygen atoms in total. The average molecular weight is 214 g/mol. The Bertz CT molecular complexity index is 407. The van der Waals surface area contributed by atoms with E-state index in [1.165, 1.54) is 16.7 Å². The van der Waals surface area contributed by atoms with Gasteiger partial charge in [0, 0.05) is 5.56 Å². The number of aryl methyl sites for hydroxylation is 3. The van der Waals surface area contributed by atoms with Gasteiger partial charge in [-0.05, 0) is 30.9 Å². The van der Waals surface area contributed by atoms with Crippen LogP contribution in [0.1, 0.15) is 42.5 Å². The molecule has 0 fully saturated rings. The Balaban J connectivity index is 3.23. The van der Waals surface area contributed by atoms with Crippen molar-refractivity contribution in [3.05, 3.63) is 34.4 Å². The summed E-state index contributed by atoms with van der Waals surface area (Å²) in [5.74, 6) is 6.03. The smallest absolute Gasteiger partial charge is 0.131 e. The SMILES string of the molecule is CCc1cc(C)cc(CC)c1C#CCC=O. The molecular weight excluding hydrogens is 196 g/mol. The third-order valence-electron chi connectivity index (χ3n) is 2.61. The zero-order chi connectivity index (χ0) is 12.0. The van der Waals surface area contributed by atoms with E-state index in [1.54, 1.807) is 0 Å². The summed E-state index contributed by atoms with van der Waals surface area (Å²) in [6, 6.07) is 4.37. The molecule has 1 heteroatoms. The standard InChI is InChI=1S/C15H18O/c1-4-13-10-12(3)11-14(5-2)15(13)8-6-7-9-16/h9-11H,4-5,7H2,1-3H3. The van der Waals surface area contributed by atoms with E-state index in [1.807, 2.05) is 0 Å². The van der Waals surface area contributed by atoms with Crippen molar-refractivity contribution in [2.45, 2.75) is 40.0 Å². The molecule has 0 saturated carbocycles. The minimum Gasteiger partial charge on any atom is -0.302 e. The highest BCUT2D eigenvalue weighted by atomic mass is 16.1. The summed E-state index contributed by atoms with van der Waals surface area (Å²) in [6.45, 7) is 6.39. The van der Waals surface area contributed by atoms with Gasteiger partial charge in [-0.3, -0.25) is 0 Å². The van der Waals surface area contributed by atoms with Crippen molar-refractivity contribution in [2.24, 2.45) is 0 Å². The van der Waals surface area contributed by atoms with Crippen LogP contribution in [0.2, 0.25) is 0 Å². The van der Waals surface area contributed by atoms with Gasteiger partial charge in [-0.25, -0.2) is 0 Å². The van der Waals surface area contributed by atoms with Crippen LogP contribution in [0, 0.1) is 18.8 Å². The van der Waals surface area contributed by atoms with E-state index in [0.717, 1.165) is 24.7 Å². The fourth-order valence-corrected chi connectivity index (χ4v) is 1.84. The van der Waals surface area contributed by atoms with Gasteiger partial charge in [0.05, 0.1) is 6.42 Å². The summed E-state index contributed by atoms with van der Waals surface area (Å²) in [6.07, 6.45) is 3.14. The van der Waals surface area contributed by atoms with E-state index in [2.05, 4.69) is 44.7 Å². The lowest BCUT2D eigenvalue weighted by Gasteiger charge is -2.09. The Morgan fingerprint density at radius 1 is 1.19 bits per heavy atom. The van der Waals surface area contributed by atoms with Gasteiger partial charge in [0.2, 0.25) is 0 Å². The molecule has 0 N–H and O–H groups in total. The van der Waals surface area contributed by atoms with E-state index in [-0.39, 0.29) is 0 Å². The predicted octanol–water partition coefficient (Wildman–Crippen LogP) is 3.06. The lowest BCUT2D eigenvalue weighted by molar-refractivity contribution is -0.107. The highest BCUT2D eigenvalue weighted by Crippen LogP contribution is 2.18. The van der Waals surface area contributed by atoms with Crippen LogP contribution in [-0.4, -0.2) is 6.29 Å². The number of hydrogen-bond acceptors (Lipinski definition) is 1. The second kappa shape index (κ2) is 6.12. The minimum atomic E-state index is 0.320. The molecule has 1 aromatic carbocycles. The van der Waals surface area contributed by atoms with Crippen molar-refractivity contribution in [1.29, 1.82) is 0 Å². The summed E-state index contributed by atoms with van der Waals surface area (Å²) in [5, 5.41) is 0. The molecule has 0 saturated heterocycles. The molecule has 0 radical (unpaired) electrons. The first-order valence-electron chi connectivity index (χ1n) is 5.77. The van der Waals surface area contributed by atoms with E-state index in [0.29, 0.717) is 6.42 Å². The molecular formula is C15H18O. The number of rotatable bonds is 3. The van der Waals surface area contributed by atoms with E-state index >= 15 is 0 Å². The molecule has 16 heavy (non-hydrogen) atoms. The van der Waals surface area contributed by atoms with Crippen LogP contribution in [0.5, 0.6) is 0 Å². The Morgan fingerprint density at radius 3 is 2.19 bits per heavy atom. The fourth-order valence-electron chi connectivity index (χ4n) is 1.84. The molecule has 0 spiro atoms. The van der Waals surface area contributed by atoms with Crippen LogP contribution in [0.25, 0.3) is 0 Å². The summed E-state index contributed by atoms with van der Waals surface area (Å²) in [7, 11) is 0. The van der Waals surface area contributed by atoms with Crippen LogP contribution >= 0.6 is 0 Å². The van der Waals surface area contributed by atoms with Crippen LogP contribution in [-0.2, 0) is 17.6 Å². The zero-order valence-electron chi connectivity index (χ0n) is 10.3. The normalized spacial score (nSPS) is 9.44. The van der Waals surface area contributed by atoms with Crippen molar-refractivity contribution in [2.75, 3.05) is 0 Å². The van der Waals surface area contributed by atoms with E-state index in [9.17, 15) is 4.79 Å². The van der Waals surface area contributed by atoms with Crippen molar-refractivity contribution in [3.63, 3.8) is 0 Å². The largest absolute Gasteiger partial charge is 0.302 e. The van der Waals surface area contributed by atoms with E-state index in [4.69, 9.17) is 0 Å². The van der Waals surface area contributed by atoms with Gasteiger partial charge < -0.3 is 4.79 Å². The number of carbonyl (C=O) groups is 1. The highest BCUT2D eigenvalue weighted by Gasteiger charge is 2.04.